The SMILES string of the molecule is Cc1nc2cccc(-c3cc(C(=O)NCCCc4ccc(Cl)cc4)c(C)[nH]3)c2nc1N. The zero-order valence-electron chi connectivity index (χ0n) is 17.5. The number of carbonyl (C=O) groups is 1. The number of aromatic nitrogens is 3. The van der Waals surface area contributed by atoms with Crippen LogP contribution in [0.15, 0.2) is 48.5 Å². The summed E-state index contributed by atoms with van der Waals surface area (Å²) in [5, 5.41) is 3.73. The van der Waals surface area contributed by atoms with Gasteiger partial charge in [0, 0.05) is 28.5 Å². The number of anilines is 1. The fourth-order valence-corrected chi connectivity index (χ4v) is 3.70. The van der Waals surface area contributed by atoms with Gasteiger partial charge in [0.25, 0.3) is 5.91 Å². The summed E-state index contributed by atoms with van der Waals surface area (Å²) in [6.07, 6.45) is 1.73. The van der Waals surface area contributed by atoms with E-state index in [0.29, 0.717) is 29.1 Å². The predicted molar refractivity (Wildman–Crippen MR) is 125 cm³/mol. The van der Waals surface area contributed by atoms with Crippen molar-refractivity contribution in [2.75, 3.05) is 12.3 Å². The number of hydrogen-bond acceptors (Lipinski definition) is 4. The average Bonchev–Trinajstić information content (AvgIpc) is 3.14. The smallest absolute Gasteiger partial charge is 0.253 e. The summed E-state index contributed by atoms with van der Waals surface area (Å²) in [7, 11) is 0. The molecule has 0 saturated carbocycles. The van der Waals surface area contributed by atoms with Crippen molar-refractivity contribution in [1.82, 2.24) is 20.3 Å². The van der Waals surface area contributed by atoms with Crippen LogP contribution in [0.5, 0.6) is 0 Å². The Hall–Kier alpha value is -3.38. The third-order valence-electron chi connectivity index (χ3n) is 5.30. The normalized spacial score (nSPS) is 11.1. The molecule has 4 N–H and O–H groups in total. The summed E-state index contributed by atoms with van der Waals surface area (Å²) in [4.78, 5) is 25.1. The van der Waals surface area contributed by atoms with Gasteiger partial charge in [-0.05, 0) is 56.5 Å². The highest BCUT2D eigenvalue weighted by molar-refractivity contribution is 6.30. The van der Waals surface area contributed by atoms with Gasteiger partial charge >= 0.3 is 0 Å². The van der Waals surface area contributed by atoms with Crippen LogP contribution in [0.3, 0.4) is 0 Å². The van der Waals surface area contributed by atoms with Crippen LogP contribution in [0.4, 0.5) is 5.82 Å². The van der Waals surface area contributed by atoms with Gasteiger partial charge in [-0.25, -0.2) is 9.97 Å². The van der Waals surface area contributed by atoms with E-state index in [9.17, 15) is 4.79 Å². The standard InChI is InChI=1S/C24H24ClN5O/c1-14-19(24(31)27-12-4-5-16-8-10-17(25)11-9-16)13-21(28-14)18-6-3-7-20-22(18)30-23(26)15(2)29-20/h3,6-11,13,28H,4-5,12H2,1-2H3,(H2,26,30)(H,27,31). The lowest BCUT2D eigenvalue weighted by atomic mass is 10.1. The predicted octanol–water partition coefficient (Wildman–Crippen LogP) is 4.84. The second-order valence-corrected chi connectivity index (χ2v) is 8.01. The highest BCUT2D eigenvalue weighted by atomic mass is 35.5. The molecule has 4 rings (SSSR count). The zero-order chi connectivity index (χ0) is 22.0. The molecule has 158 valence electrons. The van der Waals surface area contributed by atoms with E-state index in [-0.39, 0.29) is 5.91 Å². The van der Waals surface area contributed by atoms with Crippen molar-refractivity contribution in [2.45, 2.75) is 26.7 Å². The van der Waals surface area contributed by atoms with E-state index in [0.717, 1.165) is 40.3 Å². The number of amides is 1. The highest BCUT2D eigenvalue weighted by Crippen LogP contribution is 2.28. The fraction of sp³-hybridized carbons (Fsp3) is 0.208. The minimum atomic E-state index is -0.0993. The topological polar surface area (TPSA) is 96.7 Å². The maximum Gasteiger partial charge on any atom is 0.253 e. The van der Waals surface area contributed by atoms with E-state index >= 15 is 0 Å². The number of aromatic amines is 1. The van der Waals surface area contributed by atoms with Crippen molar-refractivity contribution in [1.29, 1.82) is 0 Å². The molecule has 31 heavy (non-hydrogen) atoms. The molecule has 0 atom stereocenters. The molecular formula is C24H24ClN5O. The van der Waals surface area contributed by atoms with Crippen LogP contribution in [0.1, 0.15) is 33.7 Å². The number of nitrogen functional groups attached to an aromatic ring is 1. The number of carbonyl (C=O) groups excluding carboxylic acids is 1. The number of nitrogens with one attached hydrogen (secondary N) is 2. The molecule has 0 aliphatic carbocycles. The van der Waals surface area contributed by atoms with Gasteiger partial charge in [-0.2, -0.15) is 0 Å². The quantitative estimate of drug-likeness (QED) is 0.379. The molecular weight excluding hydrogens is 410 g/mol. The number of H-pyrrole nitrogens is 1. The largest absolute Gasteiger partial charge is 0.382 e. The molecule has 0 aliphatic heterocycles. The average molecular weight is 434 g/mol. The second-order valence-electron chi connectivity index (χ2n) is 7.58. The third kappa shape index (κ3) is 4.54. The lowest BCUT2D eigenvalue weighted by Gasteiger charge is -2.06. The van der Waals surface area contributed by atoms with Crippen LogP contribution in [0.25, 0.3) is 22.3 Å². The molecule has 0 aliphatic rings. The van der Waals surface area contributed by atoms with Crippen molar-refractivity contribution >= 4 is 34.4 Å². The Labute approximate surface area is 185 Å². The number of fused-ring (bicyclic) bond motifs is 1. The van der Waals surface area contributed by atoms with Crippen molar-refractivity contribution in [3.8, 4) is 11.3 Å². The van der Waals surface area contributed by atoms with Crippen LogP contribution in [-0.4, -0.2) is 27.4 Å². The summed E-state index contributed by atoms with van der Waals surface area (Å²) in [5.41, 5.74) is 12.4. The van der Waals surface area contributed by atoms with Gasteiger partial charge in [-0.3, -0.25) is 4.79 Å². The molecule has 0 saturated heterocycles. The third-order valence-corrected chi connectivity index (χ3v) is 5.55. The number of nitrogens with zero attached hydrogens (tertiary/aromatic N) is 2. The molecule has 1 amide bonds. The van der Waals surface area contributed by atoms with Crippen LogP contribution >= 0.6 is 11.6 Å². The molecule has 2 aromatic carbocycles. The summed E-state index contributed by atoms with van der Waals surface area (Å²) >= 11 is 5.92. The molecule has 7 heteroatoms. The maximum absolute atomic E-state index is 12.7. The first kappa shape index (κ1) is 20.9. The number of rotatable bonds is 6. The first-order chi connectivity index (χ1) is 14.9. The van der Waals surface area contributed by atoms with Gasteiger partial charge in [0.05, 0.1) is 16.8 Å². The molecule has 0 unspecified atom stereocenters. The lowest BCUT2D eigenvalue weighted by molar-refractivity contribution is 0.0953. The van der Waals surface area contributed by atoms with E-state index < -0.39 is 0 Å². The molecule has 2 aromatic heterocycles. The molecule has 0 fully saturated rings. The lowest BCUT2D eigenvalue weighted by Crippen LogP contribution is -2.25. The van der Waals surface area contributed by atoms with Crippen molar-refractivity contribution in [3.63, 3.8) is 0 Å². The first-order valence-electron chi connectivity index (χ1n) is 10.2. The Kier molecular flexibility index (Phi) is 5.91. The van der Waals surface area contributed by atoms with Crippen LogP contribution in [-0.2, 0) is 6.42 Å². The van der Waals surface area contributed by atoms with Crippen molar-refractivity contribution in [2.24, 2.45) is 0 Å². The number of halogens is 1. The minimum absolute atomic E-state index is 0.0993. The van der Waals surface area contributed by atoms with E-state index in [1.54, 1.807) is 0 Å². The molecule has 6 nitrogen and oxygen atoms in total. The van der Waals surface area contributed by atoms with E-state index in [4.69, 9.17) is 17.3 Å². The van der Waals surface area contributed by atoms with Crippen molar-refractivity contribution < 1.29 is 4.79 Å². The Bertz CT molecular complexity index is 1250. The van der Waals surface area contributed by atoms with Gasteiger partial charge in [0.2, 0.25) is 0 Å². The fourth-order valence-electron chi connectivity index (χ4n) is 3.58. The Balaban J connectivity index is 1.47. The van der Waals surface area contributed by atoms with E-state index in [2.05, 4.69) is 20.3 Å². The molecule has 0 spiro atoms. The first-order valence-corrected chi connectivity index (χ1v) is 10.6. The van der Waals surface area contributed by atoms with Gasteiger partial charge in [0.1, 0.15) is 11.3 Å². The van der Waals surface area contributed by atoms with Gasteiger partial charge in [-0.1, -0.05) is 35.9 Å². The number of aryl methyl sites for hydroxylation is 3. The Morgan fingerprint density at radius 3 is 2.68 bits per heavy atom. The molecule has 4 aromatic rings. The van der Waals surface area contributed by atoms with Crippen molar-refractivity contribution in [3.05, 3.63) is 76.1 Å². The number of para-hydroxylation sites is 1. The summed E-state index contributed by atoms with van der Waals surface area (Å²) in [5.74, 6) is 0.305. The minimum Gasteiger partial charge on any atom is -0.382 e. The second kappa shape index (κ2) is 8.78. The molecule has 0 bridgehead atoms. The van der Waals surface area contributed by atoms with E-state index in [1.165, 1.54) is 5.56 Å². The summed E-state index contributed by atoms with van der Waals surface area (Å²) in [6.45, 7) is 4.32. The maximum atomic E-state index is 12.7. The number of hydrogen-bond donors (Lipinski definition) is 3. The zero-order valence-corrected chi connectivity index (χ0v) is 18.3. The molecule has 0 radical (unpaired) electrons. The summed E-state index contributed by atoms with van der Waals surface area (Å²) in [6, 6.07) is 15.4. The number of nitrogens with two attached hydrogens (primary N) is 1. The summed E-state index contributed by atoms with van der Waals surface area (Å²) < 4.78 is 0. The van der Waals surface area contributed by atoms with Gasteiger partial charge in [-0.15, -0.1) is 0 Å². The van der Waals surface area contributed by atoms with Crippen LogP contribution < -0.4 is 11.1 Å². The van der Waals surface area contributed by atoms with Crippen LogP contribution in [0, 0.1) is 13.8 Å². The number of benzene rings is 2. The molecule has 2 heterocycles. The Morgan fingerprint density at radius 1 is 1.13 bits per heavy atom. The van der Waals surface area contributed by atoms with Crippen LogP contribution in [0.2, 0.25) is 5.02 Å². The van der Waals surface area contributed by atoms with Gasteiger partial charge < -0.3 is 16.0 Å². The van der Waals surface area contributed by atoms with Gasteiger partial charge in [0.15, 0.2) is 0 Å². The Morgan fingerprint density at radius 2 is 1.90 bits per heavy atom. The monoisotopic (exact) mass is 433 g/mol. The van der Waals surface area contributed by atoms with E-state index in [1.807, 2.05) is 62.4 Å². The highest BCUT2D eigenvalue weighted by Gasteiger charge is 2.16.